The molecule has 2 N–H and O–H groups in total. The van der Waals surface area contributed by atoms with Crippen LogP contribution in [0.15, 0.2) is 66.9 Å². The van der Waals surface area contributed by atoms with E-state index in [0.29, 0.717) is 6.61 Å². The van der Waals surface area contributed by atoms with Gasteiger partial charge < -0.3 is 19.6 Å². The van der Waals surface area contributed by atoms with Crippen LogP contribution in [0.3, 0.4) is 0 Å². The zero-order valence-electron chi connectivity index (χ0n) is 16.5. The zero-order chi connectivity index (χ0) is 20.0. The van der Waals surface area contributed by atoms with E-state index in [4.69, 9.17) is 9.47 Å². The lowest BCUT2D eigenvalue weighted by Crippen LogP contribution is -2.25. The summed E-state index contributed by atoms with van der Waals surface area (Å²) in [7, 11) is 1.68. The van der Waals surface area contributed by atoms with Gasteiger partial charge in [-0.1, -0.05) is 24.3 Å². The van der Waals surface area contributed by atoms with Crippen LogP contribution in [0.4, 0.5) is 0 Å². The third-order valence-corrected chi connectivity index (χ3v) is 5.90. The lowest BCUT2D eigenvalue weighted by molar-refractivity contribution is 0.249. The number of H-pyrrole nitrogens is 1. The number of ether oxygens (including phenoxy) is 2. The fourth-order valence-corrected chi connectivity index (χ4v) is 4.44. The van der Waals surface area contributed by atoms with Crippen molar-refractivity contribution >= 4 is 10.9 Å². The summed E-state index contributed by atoms with van der Waals surface area (Å²) in [6, 6.07) is 20.1. The average Bonchev–Trinajstić information content (AvgIpc) is 3.16. The molecule has 5 rings (SSSR count). The fourth-order valence-electron chi connectivity index (χ4n) is 4.44. The maximum atomic E-state index is 9.79. The first-order valence-electron chi connectivity index (χ1n) is 9.81. The Morgan fingerprint density at radius 1 is 1.00 bits per heavy atom. The van der Waals surface area contributed by atoms with Crippen molar-refractivity contribution in [3.8, 4) is 17.2 Å². The van der Waals surface area contributed by atoms with Crippen molar-refractivity contribution in [3.63, 3.8) is 0 Å². The summed E-state index contributed by atoms with van der Waals surface area (Å²) < 4.78 is 11.6. The number of aromatic nitrogens is 1. The van der Waals surface area contributed by atoms with Gasteiger partial charge in [-0.15, -0.1) is 0 Å². The Morgan fingerprint density at radius 2 is 1.83 bits per heavy atom. The number of phenols is 1. The van der Waals surface area contributed by atoms with Crippen LogP contribution in [0.5, 0.6) is 17.2 Å². The van der Waals surface area contributed by atoms with Gasteiger partial charge in [0.15, 0.2) is 0 Å². The molecule has 0 saturated carbocycles. The summed E-state index contributed by atoms with van der Waals surface area (Å²) in [6.07, 6.45) is 2.09. The maximum absolute atomic E-state index is 9.79. The number of methoxy groups -OCH3 is 1. The third-order valence-electron chi connectivity index (χ3n) is 5.90. The van der Waals surface area contributed by atoms with E-state index in [-0.39, 0.29) is 17.6 Å². The van der Waals surface area contributed by atoms with E-state index in [1.807, 2.05) is 24.3 Å². The normalized spacial score (nSPS) is 18.3. The van der Waals surface area contributed by atoms with Crippen LogP contribution >= 0.6 is 0 Å². The summed E-state index contributed by atoms with van der Waals surface area (Å²) in [5.74, 6) is 2.35. The molecule has 4 nitrogen and oxygen atoms in total. The van der Waals surface area contributed by atoms with Crippen LogP contribution in [0.1, 0.15) is 34.1 Å². The number of aromatic amines is 1. The van der Waals surface area contributed by atoms with Gasteiger partial charge in [0.2, 0.25) is 0 Å². The Labute approximate surface area is 169 Å². The van der Waals surface area contributed by atoms with E-state index in [1.165, 1.54) is 27.6 Å². The molecule has 0 saturated heterocycles. The number of nitrogens with one attached hydrogen (secondary N) is 1. The highest BCUT2D eigenvalue weighted by Gasteiger charge is 2.34. The second-order valence-corrected chi connectivity index (χ2v) is 7.68. The number of hydrogen-bond acceptors (Lipinski definition) is 3. The van der Waals surface area contributed by atoms with E-state index in [2.05, 4.69) is 42.4 Å². The summed E-state index contributed by atoms with van der Waals surface area (Å²) in [6.45, 7) is 2.68. The number of benzene rings is 3. The molecule has 0 bridgehead atoms. The first-order valence-corrected chi connectivity index (χ1v) is 9.81. The van der Waals surface area contributed by atoms with Crippen molar-refractivity contribution in [2.75, 3.05) is 13.7 Å². The van der Waals surface area contributed by atoms with Gasteiger partial charge in [0.05, 0.1) is 13.7 Å². The van der Waals surface area contributed by atoms with Crippen molar-refractivity contribution in [3.05, 3.63) is 89.1 Å². The zero-order valence-corrected chi connectivity index (χ0v) is 16.5. The standard InChI is InChI=1S/C25H23NO3/c1-15-3-9-20-24(11-15)29-14-22(25(20)16-4-6-17(27)7-5-16)21-13-26-23-12-18(28-2)8-10-19(21)23/h3-13,22,25-27H,14H2,1-2H3. The van der Waals surface area contributed by atoms with Crippen LogP contribution in [0.25, 0.3) is 10.9 Å². The average molecular weight is 385 g/mol. The van der Waals surface area contributed by atoms with Crippen LogP contribution in [0, 0.1) is 6.92 Å². The van der Waals surface area contributed by atoms with Crippen LogP contribution in [-0.2, 0) is 0 Å². The molecule has 2 atom stereocenters. The van der Waals surface area contributed by atoms with Gasteiger partial charge in [0.25, 0.3) is 0 Å². The maximum Gasteiger partial charge on any atom is 0.123 e. The molecule has 0 radical (unpaired) electrons. The number of aromatic hydroxyl groups is 1. The monoisotopic (exact) mass is 385 g/mol. The van der Waals surface area contributed by atoms with Crippen molar-refractivity contribution in [1.82, 2.24) is 4.98 Å². The molecule has 0 aliphatic carbocycles. The number of phenolic OH excluding ortho intramolecular Hbond substituents is 1. The summed E-state index contributed by atoms with van der Waals surface area (Å²) in [5.41, 5.74) is 5.82. The number of rotatable bonds is 3. The molecule has 1 aromatic heterocycles. The van der Waals surface area contributed by atoms with E-state index in [1.54, 1.807) is 19.2 Å². The number of aryl methyl sites for hydroxylation is 1. The van der Waals surface area contributed by atoms with E-state index in [9.17, 15) is 5.11 Å². The first-order chi connectivity index (χ1) is 14.1. The summed E-state index contributed by atoms with van der Waals surface area (Å²) in [5, 5.41) is 11.0. The number of hydrogen-bond donors (Lipinski definition) is 2. The van der Waals surface area contributed by atoms with Crippen molar-refractivity contribution in [2.45, 2.75) is 18.8 Å². The largest absolute Gasteiger partial charge is 0.508 e. The summed E-state index contributed by atoms with van der Waals surface area (Å²) in [4.78, 5) is 3.40. The molecule has 146 valence electrons. The second-order valence-electron chi connectivity index (χ2n) is 7.68. The van der Waals surface area contributed by atoms with E-state index >= 15 is 0 Å². The van der Waals surface area contributed by atoms with Crippen molar-refractivity contribution < 1.29 is 14.6 Å². The van der Waals surface area contributed by atoms with Crippen LogP contribution in [-0.4, -0.2) is 23.8 Å². The quantitative estimate of drug-likeness (QED) is 0.490. The molecule has 1 aliphatic heterocycles. The SMILES string of the molecule is COc1ccc2c(C3COc4cc(C)ccc4C3c3ccc(O)cc3)c[nH]c2c1. The van der Waals surface area contributed by atoms with E-state index in [0.717, 1.165) is 17.0 Å². The molecule has 4 aromatic rings. The minimum absolute atomic E-state index is 0.140. The Kier molecular flexibility index (Phi) is 4.20. The Balaban J connectivity index is 1.67. The van der Waals surface area contributed by atoms with Gasteiger partial charge in [-0.2, -0.15) is 0 Å². The Morgan fingerprint density at radius 3 is 2.62 bits per heavy atom. The molecule has 1 aliphatic rings. The molecule has 0 spiro atoms. The highest BCUT2D eigenvalue weighted by atomic mass is 16.5. The highest BCUT2D eigenvalue weighted by molar-refractivity contribution is 5.85. The highest BCUT2D eigenvalue weighted by Crippen LogP contribution is 2.48. The molecule has 2 unspecified atom stereocenters. The molecule has 29 heavy (non-hydrogen) atoms. The molecule has 3 aromatic carbocycles. The Hall–Kier alpha value is -3.40. The van der Waals surface area contributed by atoms with Gasteiger partial charge in [-0.3, -0.25) is 0 Å². The topological polar surface area (TPSA) is 54.5 Å². The van der Waals surface area contributed by atoms with Crippen molar-refractivity contribution in [2.24, 2.45) is 0 Å². The van der Waals surface area contributed by atoms with E-state index < -0.39 is 0 Å². The van der Waals surface area contributed by atoms with Gasteiger partial charge in [0.1, 0.15) is 17.2 Å². The minimum Gasteiger partial charge on any atom is -0.508 e. The molecule has 2 heterocycles. The molecule has 4 heteroatoms. The number of fused-ring (bicyclic) bond motifs is 2. The second kappa shape index (κ2) is 6.89. The van der Waals surface area contributed by atoms with Gasteiger partial charge in [-0.25, -0.2) is 0 Å². The van der Waals surface area contributed by atoms with Crippen molar-refractivity contribution in [1.29, 1.82) is 0 Å². The van der Waals surface area contributed by atoms with Gasteiger partial charge >= 0.3 is 0 Å². The third kappa shape index (κ3) is 3.01. The minimum atomic E-state index is 0.140. The lowest BCUT2D eigenvalue weighted by atomic mass is 9.75. The molecule has 0 amide bonds. The first kappa shape index (κ1) is 17.7. The van der Waals surface area contributed by atoms with Crippen LogP contribution < -0.4 is 9.47 Å². The Bertz CT molecular complexity index is 1180. The van der Waals surface area contributed by atoms with Crippen LogP contribution in [0.2, 0.25) is 0 Å². The molecular formula is C25H23NO3. The molecular weight excluding hydrogens is 362 g/mol. The summed E-state index contributed by atoms with van der Waals surface area (Å²) >= 11 is 0. The lowest BCUT2D eigenvalue weighted by Gasteiger charge is -2.34. The smallest absolute Gasteiger partial charge is 0.123 e. The van der Waals surface area contributed by atoms with Gasteiger partial charge in [-0.05, 0) is 53.9 Å². The molecule has 0 fully saturated rings. The van der Waals surface area contributed by atoms with Gasteiger partial charge in [0, 0.05) is 40.6 Å². The predicted octanol–water partition coefficient (Wildman–Crippen LogP) is 5.50. The predicted molar refractivity (Wildman–Crippen MR) is 114 cm³/mol. The fraction of sp³-hybridized carbons (Fsp3) is 0.200.